The van der Waals surface area contributed by atoms with E-state index in [0.717, 1.165) is 11.1 Å². The van der Waals surface area contributed by atoms with E-state index in [-0.39, 0.29) is 17.2 Å². The van der Waals surface area contributed by atoms with Crippen molar-refractivity contribution < 1.29 is 14.4 Å². The zero-order valence-electron chi connectivity index (χ0n) is 18.1. The van der Waals surface area contributed by atoms with Crippen molar-refractivity contribution in [3.05, 3.63) is 95.2 Å². The van der Waals surface area contributed by atoms with Crippen molar-refractivity contribution in [3.63, 3.8) is 0 Å². The van der Waals surface area contributed by atoms with Gasteiger partial charge in [-0.1, -0.05) is 47.5 Å². The van der Waals surface area contributed by atoms with E-state index in [1.54, 1.807) is 36.4 Å². The second-order valence-corrected chi connectivity index (χ2v) is 7.78. The summed E-state index contributed by atoms with van der Waals surface area (Å²) in [5.74, 6) is -1.00. The number of anilines is 3. The van der Waals surface area contributed by atoms with E-state index in [0.29, 0.717) is 22.6 Å². The van der Waals surface area contributed by atoms with Crippen LogP contribution in [-0.4, -0.2) is 17.7 Å². The molecule has 1 heterocycles. The molecule has 3 amide bonds. The van der Waals surface area contributed by atoms with Crippen molar-refractivity contribution in [1.82, 2.24) is 0 Å². The number of nitrogens with one attached hydrogen (secondary N) is 2. The molecule has 0 saturated carbocycles. The van der Waals surface area contributed by atoms with Gasteiger partial charge < -0.3 is 10.6 Å². The summed E-state index contributed by atoms with van der Waals surface area (Å²) in [6.45, 7) is 5.36. The van der Waals surface area contributed by atoms with E-state index >= 15 is 0 Å². The first kappa shape index (κ1) is 21.1. The highest BCUT2D eigenvalue weighted by atomic mass is 16.2. The lowest BCUT2D eigenvalue weighted by Crippen LogP contribution is -2.32. The number of nitrogens with zero attached hydrogens (tertiary/aromatic N) is 1. The van der Waals surface area contributed by atoms with Crippen LogP contribution in [0.4, 0.5) is 17.1 Å². The number of aryl methyl sites for hydroxylation is 2. The highest BCUT2D eigenvalue weighted by Gasteiger charge is 2.40. The smallest absolute Gasteiger partial charge is 0.282 e. The molecule has 0 radical (unpaired) electrons. The van der Waals surface area contributed by atoms with Gasteiger partial charge in [-0.05, 0) is 55.8 Å². The Morgan fingerprint density at radius 1 is 0.719 bits per heavy atom. The summed E-state index contributed by atoms with van der Waals surface area (Å²) >= 11 is 0. The van der Waals surface area contributed by atoms with Gasteiger partial charge in [-0.2, -0.15) is 0 Å². The number of carbonyl (C=O) groups excluding carboxylic acids is 3. The molecular weight excluding hydrogens is 402 g/mol. The molecule has 0 fully saturated rings. The molecule has 2 N–H and O–H groups in total. The van der Waals surface area contributed by atoms with Gasteiger partial charge in [0.05, 0.1) is 11.3 Å². The molecule has 0 spiro atoms. The highest BCUT2D eigenvalue weighted by molar-refractivity contribution is 6.46. The Labute approximate surface area is 186 Å². The quantitative estimate of drug-likeness (QED) is 0.583. The Morgan fingerprint density at radius 3 is 1.81 bits per heavy atom. The normalized spacial score (nSPS) is 13.5. The average molecular weight is 425 g/mol. The molecule has 4 rings (SSSR count). The zero-order chi connectivity index (χ0) is 22.8. The Hall–Kier alpha value is -4.19. The topological polar surface area (TPSA) is 78.5 Å². The van der Waals surface area contributed by atoms with Gasteiger partial charge in [-0.15, -0.1) is 0 Å². The molecule has 6 heteroatoms. The Kier molecular flexibility index (Phi) is 5.60. The van der Waals surface area contributed by atoms with E-state index in [2.05, 4.69) is 10.6 Å². The molecule has 1 aliphatic heterocycles. The fraction of sp³-hybridized carbons (Fsp3) is 0.115. The summed E-state index contributed by atoms with van der Waals surface area (Å²) in [6.07, 6.45) is 0. The number of hydrogen-bond acceptors (Lipinski definition) is 4. The number of benzene rings is 3. The third-order valence-corrected chi connectivity index (χ3v) is 5.19. The SMILES string of the molecule is CC(=O)Nc1ccc(C2=C(Nc3ccc(C)cc3)C(=O)N(c3ccc(C)cc3)C2=O)cc1. The monoisotopic (exact) mass is 425 g/mol. The van der Waals surface area contributed by atoms with Gasteiger partial charge in [0.25, 0.3) is 11.8 Å². The van der Waals surface area contributed by atoms with Gasteiger partial charge in [0.1, 0.15) is 5.70 Å². The van der Waals surface area contributed by atoms with Crippen LogP contribution in [0.5, 0.6) is 0 Å². The van der Waals surface area contributed by atoms with Crippen molar-refractivity contribution in [1.29, 1.82) is 0 Å². The van der Waals surface area contributed by atoms with Gasteiger partial charge in [0.15, 0.2) is 0 Å². The summed E-state index contributed by atoms with van der Waals surface area (Å²) in [7, 11) is 0. The number of hydrogen-bond donors (Lipinski definition) is 2. The van der Waals surface area contributed by atoms with Crippen LogP contribution >= 0.6 is 0 Å². The third-order valence-electron chi connectivity index (χ3n) is 5.19. The minimum atomic E-state index is -0.416. The minimum Gasteiger partial charge on any atom is -0.350 e. The lowest BCUT2D eigenvalue weighted by molar-refractivity contribution is -0.120. The lowest BCUT2D eigenvalue weighted by Gasteiger charge is -2.15. The molecular formula is C26H23N3O3. The van der Waals surface area contributed by atoms with Crippen molar-refractivity contribution in [3.8, 4) is 0 Å². The minimum absolute atomic E-state index is 0.184. The Bertz CT molecular complexity index is 1220. The fourth-order valence-corrected chi connectivity index (χ4v) is 3.55. The highest BCUT2D eigenvalue weighted by Crippen LogP contribution is 2.34. The first-order valence-corrected chi connectivity index (χ1v) is 10.2. The van der Waals surface area contributed by atoms with Crippen LogP contribution in [0.3, 0.4) is 0 Å². The second-order valence-electron chi connectivity index (χ2n) is 7.78. The van der Waals surface area contributed by atoms with Gasteiger partial charge in [-0.3, -0.25) is 14.4 Å². The van der Waals surface area contributed by atoms with Gasteiger partial charge in [0, 0.05) is 18.3 Å². The van der Waals surface area contributed by atoms with E-state index in [4.69, 9.17) is 0 Å². The molecule has 160 valence electrons. The number of carbonyl (C=O) groups is 3. The van der Waals surface area contributed by atoms with Crippen LogP contribution in [0.15, 0.2) is 78.5 Å². The van der Waals surface area contributed by atoms with Crippen LogP contribution in [0.1, 0.15) is 23.6 Å². The maximum absolute atomic E-state index is 13.5. The molecule has 6 nitrogen and oxygen atoms in total. The summed E-state index contributed by atoms with van der Waals surface area (Å²) in [5.41, 5.74) is 5.05. The van der Waals surface area contributed by atoms with E-state index in [1.807, 2.05) is 50.2 Å². The molecule has 0 unspecified atom stereocenters. The molecule has 0 aromatic heterocycles. The molecule has 32 heavy (non-hydrogen) atoms. The van der Waals surface area contributed by atoms with Gasteiger partial charge in [-0.25, -0.2) is 4.90 Å². The largest absolute Gasteiger partial charge is 0.350 e. The summed E-state index contributed by atoms with van der Waals surface area (Å²) < 4.78 is 0. The average Bonchev–Trinajstić information content (AvgIpc) is 3.00. The van der Waals surface area contributed by atoms with Crippen molar-refractivity contribution >= 4 is 40.4 Å². The predicted octanol–water partition coefficient (Wildman–Crippen LogP) is 4.66. The predicted molar refractivity (Wildman–Crippen MR) is 126 cm³/mol. The fourth-order valence-electron chi connectivity index (χ4n) is 3.55. The molecule has 0 bridgehead atoms. The Morgan fingerprint density at radius 2 is 1.25 bits per heavy atom. The van der Waals surface area contributed by atoms with E-state index in [1.165, 1.54) is 11.8 Å². The number of amides is 3. The van der Waals surface area contributed by atoms with Crippen LogP contribution in [-0.2, 0) is 14.4 Å². The zero-order valence-corrected chi connectivity index (χ0v) is 18.1. The summed E-state index contributed by atoms with van der Waals surface area (Å²) in [4.78, 5) is 39.4. The van der Waals surface area contributed by atoms with Crippen LogP contribution in [0.2, 0.25) is 0 Å². The summed E-state index contributed by atoms with van der Waals surface area (Å²) in [6, 6.07) is 21.7. The van der Waals surface area contributed by atoms with Gasteiger partial charge >= 0.3 is 0 Å². The molecule has 3 aromatic rings. The standard InChI is InChI=1S/C26H23N3O3/c1-16-4-10-21(11-5-16)28-24-23(19-8-12-20(13-9-19)27-18(3)30)25(31)29(26(24)32)22-14-6-17(2)7-15-22/h4-15,28H,1-3H3,(H,27,30). The van der Waals surface area contributed by atoms with E-state index < -0.39 is 11.8 Å². The first-order valence-electron chi connectivity index (χ1n) is 10.2. The second kappa shape index (κ2) is 8.51. The Balaban J connectivity index is 1.77. The third kappa shape index (κ3) is 4.16. The molecule has 3 aromatic carbocycles. The van der Waals surface area contributed by atoms with Crippen LogP contribution in [0.25, 0.3) is 5.57 Å². The van der Waals surface area contributed by atoms with Crippen molar-refractivity contribution in [2.75, 3.05) is 15.5 Å². The van der Waals surface area contributed by atoms with Gasteiger partial charge in [0.2, 0.25) is 5.91 Å². The van der Waals surface area contributed by atoms with Crippen LogP contribution < -0.4 is 15.5 Å². The van der Waals surface area contributed by atoms with Crippen LogP contribution in [0, 0.1) is 13.8 Å². The molecule has 0 saturated heterocycles. The lowest BCUT2D eigenvalue weighted by atomic mass is 10.0. The number of imide groups is 1. The summed E-state index contributed by atoms with van der Waals surface area (Å²) in [5, 5.41) is 5.86. The van der Waals surface area contributed by atoms with Crippen molar-refractivity contribution in [2.45, 2.75) is 20.8 Å². The molecule has 1 aliphatic rings. The number of rotatable bonds is 5. The van der Waals surface area contributed by atoms with Crippen molar-refractivity contribution in [2.24, 2.45) is 0 Å². The maximum Gasteiger partial charge on any atom is 0.282 e. The first-order chi connectivity index (χ1) is 15.3. The molecule has 0 aliphatic carbocycles. The maximum atomic E-state index is 13.5. The molecule has 0 atom stereocenters. The van der Waals surface area contributed by atoms with E-state index in [9.17, 15) is 14.4 Å².